The normalized spacial score (nSPS) is 19.3. The van der Waals surface area contributed by atoms with Crippen molar-refractivity contribution in [3.63, 3.8) is 0 Å². The number of halogens is 3. The van der Waals surface area contributed by atoms with Crippen molar-refractivity contribution in [3.05, 3.63) is 34.9 Å². The van der Waals surface area contributed by atoms with Crippen LogP contribution in [0.2, 0.25) is 5.02 Å². The first-order chi connectivity index (χ1) is 8.47. The molecule has 1 aromatic rings. The fourth-order valence-corrected chi connectivity index (χ4v) is 1.78. The lowest BCUT2D eigenvalue weighted by Gasteiger charge is -2.18. The molecule has 0 aliphatic carbocycles. The number of guanidine groups is 1. The van der Waals surface area contributed by atoms with Gasteiger partial charge in [0.05, 0.1) is 13.1 Å². The molecule has 98 valence electrons. The molecule has 3 nitrogen and oxygen atoms in total. The fraction of sp³-hybridized carbons (Fsp3) is 0.417. The van der Waals surface area contributed by atoms with Crippen LogP contribution in [0.4, 0.5) is 8.78 Å². The van der Waals surface area contributed by atoms with E-state index < -0.39 is 12.5 Å². The second-order valence-corrected chi connectivity index (χ2v) is 4.74. The average Bonchev–Trinajstić information content (AvgIpc) is 2.73. The highest BCUT2D eigenvalue weighted by Gasteiger charge is 2.32. The molecular formula is C12H14ClF2N3. The van der Waals surface area contributed by atoms with E-state index in [0.717, 1.165) is 0 Å². The SMILES string of the molecule is CC1CN=C(NCC(F)(F)c2ccc(Cl)cc2)N1. The van der Waals surface area contributed by atoms with Gasteiger partial charge in [-0.05, 0) is 19.1 Å². The predicted molar refractivity (Wildman–Crippen MR) is 68.2 cm³/mol. The summed E-state index contributed by atoms with van der Waals surface area (Å²) >= 11 is 5.67. The number of alkyl halides is 2. The number of aliphatic imine (C=N–C) groups is 1. The molecule has 6 heteroatoms. The van der Waals surface area contributed by atoms with Gasteiger partial charge in [0.1, 0.15) is 0 Å². The Morgan fingerprint density at radius 1 is 1.44 bits per heavy atom. The van der Waals surface area contributed by atoms with Gasteiger partial charge in [-0.3, -0.25) is 4.99 Å². The van der Waals surface area contributed by atoms with Crippen LogP contribution in [0, 0.1) is 0 Å². The van der Waals surface area contributed by atoms with Crippen molar-refractivity contribution in [1.82, 2.24) is 10.6 Å². The number of hydrogen-bond donors (Lipinski definition) is 2. The van der Waals surface area contributed by atoms with E-state index in [9.17, 15) is 8.78 Å². The number of hydrogen-bond acceptors (Lipinski definition) is 3. The van der Waals surface area contributed by atoms with Crippen molar-refractivity contribution >= 4 is 17.6 Å². The van der Waals surface area contributed by atoms with Crippen LogP contribution in [-0.2, 0) is 5.92 Å². The Hall–Kier alpha value is -1.36. The van der Waals surface area contributed by atoms with Crippen LogP contribution in [0.5, 0.6) is 0 Å². The molecule has 1 heterocycles. The molecular weight excluding hydrogens is 260 g/mol. The van der Waals surface area contributed by atoms with E-state index in [-0.39, 0.29) is 11.6 Å². The maximum Gasteiger partial charge on any atom is 0.290 e. The molecule has 1 atom stereocenters. The first kappa shape index (κ1) is 13.1. The van der Waals surface area contributed by atoms with Crippen LogP contribution in [0.15, 0.2) is 29.3 Å². The number of benzene rings is 1. The summed E-state index contributed by atoms with van der Waals surface area (Å²) in [6, 6.07) is 5.76. The van der Waals surface area contributed by atoms with E-state index in [4.69, 9.17) is 11.6 Å². The Bertz CT molecular complexity index is 445. The van der Waals surface area contributed by atoms with Crippen molar-refractivity contribution < 1.29 is 8.78 Å². The van der Waals surface area contributed by atoms with Gasteiger partial charge in [-0.1, -0.05) is 23.7 Å². The monoisotopic (exact) mass is 273 g/mol. The lowest BCUT2D eigenvalue weighted by Crippen LogP contribution is -2.42. The zero-order chi connectivity index (χ0) is 13.2. The molecule has 0 aromatic heterocycles. The molecule has 0 amide bonds. The molecule has 0 saturated heterocycles. The third-order valence-corrected chi connectivity index (χ3v) is 2.90. The second-order valence-electron chi connectivity index (χ2n) is 4.30. The average molecular weight is 274 g/mol. The highest BCUT2D eigenvalue weighted by atomic mass is 35.5. The highest BCUT2D eigenvalue weighted by molar-refractivity contribution is 6.30. The molecule has 0 spiro atoms. The van der Waals surface area contributed by atoms with Gasteiger partial charge in [0.2, 0.25) is 0 Å². The van der Waals surface area contributed by atoms with Crippen LogP contribution < -0.4 is 10.6 Å². The summed E-state index contributed by atoms with van der Waals surface area (Å²) in [6.07, 6.45) is 0. The molecule has 0 saturated carbocycles. The highest BCUT2D eigenvalue weighted by Crippen LogP contribution is 2.28. The molecule has 1 aliphatic heterocycles. The third kappa shape index (κ3) is 3.10. The Kier molecular flexibility index (Phi) is 3.71. The van der Waals surface area contributed by atoms with Gasteiger partial charge in [-0.25, -0.2) is 0 Å². The zero-order valence-corrected chi connectivity index (χ0v) is 10.6. The van der Waals surface area contributed by atoms with Gasteiger partial charge in [0, 0.05) is 16.6 Å². The maximum atomic E-state index is 13.8. The number of rotatable bonds is 3. The summed E-state index contributed by atoms with van der Waals surface area (Å²) in [5.74, 6) is -2.53. The Morgan fingerprint density at radius 3 is 2.67 bits per heavy atom. The van der Waals surface area contributed by atoms with Gasteiger partial charge in [-0.2, -0.15) is 8.78 Å². The van der Waals surface area contributed by atoms with E-state index in [2.05, 4.69) is 15.6 Å². The van der Waals surface area contributed by atoms with Crippen molar-refractivity contribution in [2.75, 3.05) is 13.1 Å². The van der Waals surface area contributed by atoms with Gasteiger partial charge in [0.15, 0.2) is 5.96 Å². The van der Waals surface area contributed by atoms with E-state index in [0.29, 0.717) is 17.5 Å². The summed E-state index contributed by atoms with van der Waals surface area (Å²) in [7, 11) is 0. The van der Waals surface area contributed by atoms with E-state index in [1.165, 1.54) is 24.3 Å². The van der Waals surface area contributed by atoms with Crippen molar-refractivity contribution in [3.8, 4) is 0 Å². The van der Waals surface area contributed by atoms with E-state index in [1.807, 2.05) is 6.92 Å². The smallest absolute Gasteiger partial charge is 0.290 e. The van der Waals surface area contributed by atoms with Crippen molar-refractivity contribution in [2.24, 2.45) is 4.99 Å². The minimum Gasteiger partial charge on any atom is -0.352 e. The van der Waals surface area contributed by atoms with Crippen molar-refractivity contribution in [2.45, 2.75) is 18.9 Å². The lowest BCUT2D eigenvalue weighted by molar-refractivity contribution is 0.00113. The summed E-state index contributed by atoms with van der Waals surface area (Å²) in [5, 5.41) is 6.04. The summed E-state index contributed by atoms with van der Waals surface area (Å²) in [6.45, 7) is 2.05. The minimum absolute atomic E-state index is 0.0638. The topological polar surface area (TPSA) is 36.4 Å². The third-order valence-electron chi connectivity index (χ3n) is 2.65. The second kappa shape index (κ2) is 5.10. The first-order valence-electron chi connectivity index (χ1n) is 5.66. The maximum absolute atomic E-state index is 13.8. The van der Waals surface area contributed by atoms with Gasteiger partial charge < -0.3 is 10.6 Å². The van der Waals surface area contributed by atoms with Gasteiger partial charge in [0.25, 0.3) is 5.92 Å². The van der Waals surface area contributed by atoms with E-state index >= 15 is 0 Å². The fourth-order valence-electron chi connectivity index (χ4n) is 1.65. The quantitative estimate of drug-likeness (QED) is 0.887. The number of nitrogens with one attached hydrogen (secondary N) is 2. The van der Waals surface area contributed by atoms with Crippen molar-refractivity contribution in [1.29, 1.82) is 0 Å². The Morgan fingerprint density at radius 2 is 2.11 bits per heavy atom. The van der Waals surface area contributed by atoms with E-state index in [1.54, 1.807) is 0 Å². The molecule has 2 N–H and O–H groups in total. The van der Waals surface area contributed by atoms with Crippen LogP contribution >= 0.6 is 11.6 Å². The summed E-state index contributed by atoms with van der Waals surface area (Å²) in [4.78, 5) is 4.07. The first-order valence-corrected chi connectivity index (χ1v) is 6.04. The number of nitrogens with zero attached hydrogens (tertiary/aromatic N) is 1. The Balaban J connectivity index is 1.97. The Labute approximate surface area is 109 Å². The zero-order valence-electron chi connectivity index (χ0n) is 9.88. The molecule has 2 rings (SSSR count). The molecule has 0 radical (unpaired) electrons. The molecule has 0 bridgehead atoms. The van der Waals surface area contributed by atoms with Gasteiger partial charge in [-0.15, -0.1) is 0 Å². The van der Waals surface area contributed by atoms with Crippen LogP contribution in [0.3, 0.4) is 0 Å². The molecule has 0 fully saturated rings. The summed E-state index contributed by atoms with van der Waals surface area (Å²) in [5.41, 5.74) is -0.0638. The van der Waals surface area contributed by atoms with Crippen LogP contribution in [0.25, 0.3) is 0 Å². The largest absolute Gasteiger partial charge is 0.352 e. The van der Waals surface area contributed by atoms with Gasteiger partial charge >= 0.3 is 0 Å². The standard InChI is InChI=1S/C12H14ClF2N3/c1-8-6-16-11(18-8)17-7-12(14,15)9-2-4-10(13)5-3-9/h2-5,8H,6-7H2,1H3,(H2,16,17,18). The van der Waals surface area contributed by atoms with Crippen LogP contribution in [0.1, 0.15) is 12.5 Å². The molecule has 18 heavy (non-hydrogen) atoms. The molecule has 1 aliphatic rings. The molecule has 1 unspecified atom stereocenters. The molecule has 1 aromatic carbocycles. The minimum atomic E-state index is -2.96. The van der Waals surface area contributed by atoms with Crippen LogP contribution in [-0.4, -0.2) is 25.1 Å². The predicted octanol–water partition coefficient (Wildman–Crippen LogP) is 2.37. The summed E-state index contributed by atoms with van der Waals surface area (Å²) < 4.78 is 27.7. The lowest BCUT2D eigenvalue weighted by atomic mass is 10.1.